The quantitative estimate of drug-likeness (QED) is 0.353. The fraction of sp³-hybridized carbons (Fsp3) is 0.423. The first-order chi connectivity index (χ1) is 16.9. The Bertz CT molecular complexity index is 1120. The molecule has 1 saturated heterocycles. The van der Waals surface area contributed by atoms with Crippen LogP contribution in [0.5, 0.6) is 0 Å². The van der Waals surface area contributed by atoms with Crippen LogP contribution in [0.15, 0.2) is 42.5 Å². The summed E-state index contributed by atoms with van der Waals surface area (Å²) >= 11 is 1.44. The molecule has 3 amide bonds. The molecule has 0 aromatic heterocycles. The number of aliphatic hydroxyl groups excluding tert-OH is 1. The number of nitrogens with one attached hydrogen (secondary N) is 2. The molecule has 0 bridgehead atoms. The maximum Gasteiger partial charge on any atom is 0.254 e. The Morgan fingerprint density at radius 2 is 1.83 bits per heavy atom. The molecular formula is C26H35N5O4S. The molecule has 3 atom stereocenters. The Labute approximate surface area is 216 Å². The zero-order valence-corrected chi connectivity index (χ0v) is 21.9. The van der Waals surface area contributed by atoms with Crippen molar-refractivity contribution in [3.8, 4) is 0 Å². The third-order valence-electron chi connectivity index (χ3n) is 5.93. The Kier molecular flexibility index (Phi) is 8.52. The van der Waals surface area contributed by atoms with E-state index < -0.39 is 35.5 Å². The fourth-order valence-corrected chi connectivity index (χ4v) is 5.19. The van der Waals surface area contributed by atoms with Crippen molar-refractivity contribution < 1.29 is 19.5 Å². The molecule has 0 saturated carbocycles. The average molecular weight is 514 g/mol. The summed E-state index contributed by atoms with van der Waals surface area (Å²) in [6, 6.07) is 10.7. The topological polar surface area (TPSA) is 151 Å². The maximum absolute atomic E-state index is 13.4. The largest absolute Gasteiger partial charge is 0.399 e. The molecule has 0 aliphatic carbocycles. The van der Waals surface area contributed by atoms with E-state index in [9.17, 15) is 19.5 Å². The third-order valence-corrected chi connectivity index (χ3v) is 6.94. The second kappa shape index (κ2) is 11.2. The lowest BCUT2D eigenvalue weighted by molar-refractivity contribution is -0.146. The first kappa shape index (κ1) is 27.3. The highest BCUT2D eigenvalue weighted by Crippen LogP contribution is 2.25. The Hall–Kier alpha value is -3.24. The van der Waals surface area contributed by atoms with E-state index in [0.717, 1.165) is 5.56 Å². The van der Waals surface area contributed by atoms with E-state index in [4.69, 9.17) is 11.5 Å². The molecule has 0 spiro atoms. The van der Waals surface area contributed by atoms with Gasteiger partial charge < -0.3 is 32.1 Å². The molecule has 1 aliphatic heterocycles. The predicted octanol–water partition coefficient (Wildman–Crippen LogP) is 1.68. The summed E-state index contributed by atoms with van der Waals surface area (Å²) in [5.74, 6) is -0.689. The lowest BCUT2D eigenvalue weighted by Gasteiger charge is -2.31. The van der Waals surface area contributed by atoms with Gasteiger partial charge in [-0.05, 0) is 57.4 Å². The van der Waals surface area contributed by atoms with Crippen molar-refractivity contribution in [1.82, 2.24) is 15.5 Å². The molecule has 0 radical (unpaired) electrons. The Balaban J connectivity index is 1.85. The minimum absolute atomic E-state index is 0.205. The fourth-order valence-electron chi connectivity index (χ4n) is 4.02. The molecule has 10 heteroatoms. The lowest BCUT2D eigenvalue weighted by atomic mass is 9.98. The number of carbonyl (C=O) groups is 3. The van der Waals surface area contributed by atoms with Gasteiger partial charge in [0, 0.05) is 28.2 Å². The predicted molar refractivity (Wildman–Crippen MR) is 143 cm³/mol. The van der Waals surface area contributed by atoms with Gasteiger partial charge in [-0.3, -0.25) is 14.4 Å². The number of benzene rings is 2. The minimum atomic E-state index is -1.57. The Morgan fingerprint density at radius 1 is 1.17 bits per heavy atom. The Morgan fingerprint density at radius 3 is 2.47 bits per heavy atom. The smallest absolute Gasteiger partial charge is 0.254 e. The van der Waals surface area contributed by atoms with Crippen LogP contribution >= 0.6 is 11.8 Å². The molecule has 1 heterocycles. The van der Waals surface area contributed by atoms with Gasteiger partial charge in [-0.2, -0.15) is 0 Å². The number of aliphatic hydroxyl groups is 1. The summed E-state index contributed by atoms with van der Waals surface area (Å²) in [4.78, 5) is 40.9. The molecule has 3 rings (SSSR count). The molecular weight excluding hydrogens is 478 g/mol. The molecule has 1 fully saturated rings. The number of anilines is 2. The van der Waals surface area contributed by atoms with Gasteiger partial charge >= 0.3 is 0 Å². The molecule has 2 aromatic rings. The van der Waals surface area contributed by atoms with Gasteiger partial charge in [-0.15, -0.1) is 11.8 Å². The van der Waals surface area contributed by atoms with E-state index in [0.29, 0.717) is 22.7 Å². The molecule has 7 N–H and O–H groups in total. The first-order valence-electron chi connectivity index (χ1n) is 11.8. The lowest BCUT2D eigenvalue weighted by Crippen LogP contribution is -2.57. The zero-order valence-electron chi connectivity index (χ0n) is 21.1. The summed E-state index contributed by atoms with van der Waals surface area (Å²) in [6.45, 7) is 7.30. The van der Waals surface area contributed by atoms with E-state index in [2.05, 4.69) is 10.6 Å². The molecule has 194 valence electrons. The maximum atomic E-state index is 13.4. The van der Waals surface area contributed by atoms with E-state index >= 15 is 0 Å². The van der Waals surface area contributed by atoms with Gasteiger partial charge in [0.05, 0.1) is 11.9 Å². The highest BCUT2D eigenvalue weighted by molar-refractivity contribution is 7.99. The number of nitrogens with zero attached hydrogens (tertiary/aromatic N) is 1. The van der Waals surface area contributed by atoms with E-state index in [1.165, 1.54) is 22.7 Å². The normalized spacial score (nSPS) is 17.4. The minimum Gasteiger partial charge on any atom is -0.399 e. The van der Waals surface area contributed by atoms with Gasteiger partial charge in [-0.1, -0.05) is 30.3 Å². The highest BCUT2D eigenvalue weighted by atomic mass is 32.2. The average Bonchev–Trinajstić information content (AvgIpc) is 3.29. The summed E-state index contributed by atoms with van der Waals surface area (Å²) in [5, 5.41) is 16.9. The zero-order chi connectivity index (χ0) is 26.6. The summed E-state index contributed by atoms with van der Waals surface area (Å²) in [6.07, 6.45) is -1.37. The van der Waals surface area contributed by atoms with Crippen molar-refractivity contribution in [3.63, 3.8) is 0 Å². The molecule has 1 aliphatic rings. The van der Waals surface area contributed by atoms with Crippen LogP contribution in [0.2, 0.25) is 0 Å². The van der Waals surface area contributed by atoms with Crippen molar-refractivity contribution in [2.45, 2.75) is 57.8 Å². The van der Waals surface area contributed by atoms with Crippen LogP contribution in [0.3, 0.4) is 0 Å². The number of thioether (sulfide) groups is 1. The van der Waals surface area contributed by atoms with Crippen molar-refractivity contribution >= 4 is 40.9 Å². The summed E-state index contributed by atoms with van der Waals surface area (Å²) in [5.41, 5.74) is 13.8. The third kappa shape index (κ3) is 6.70. The number of hydrogen-bond acceptors (Lipinski definition) is 7. The van der Waals surface area contributed by atoms with Crippen LogP contribution in [-0.2, 0) is 16.0 Å². The van der Waals surface area contributed by atoms with Crippen LogP contribution in [-0.4, -0.2) is 63.1 Å². The SMILES string of the molecule is Cc1c(N)cc(N)cc1C(=O)N[C@@H](Cc1ccccc1)[C@H](O)C(=O)N1CSC[C@H]1C(=O)NC(C)(C)C. The van der Waals surface area contributed by atoms with E-state index in [1.54, 1.807) is 13.0 Å². The van der Waals surface area contributed by atoms with Crippen molar-refractivity contribution in [2.24, 2.45) is 0 Å². The highest BCUT2D eigenvalue weighted by Gasteiger charge is 2.40. The monoisotopic (exact) mass is 513 g/mol. The number of nitrogens with two attached hydrogens (primary N) is 2. The molecule has 2 aromatic carbocycles. The van der Waals surface area contributed by atoms with Crippen molar-refractivity contribution in [1.29, 1.82) is 0 Å². The van der Waals surface area contributed by atoms with Crippen LogP contribution in [0.25, 0.3) is 0 Å². The standard InChI is InChI=1S/C26H35N5O4S/c1-15-18(11-17(27)12-19(15)28)23(33)29-20(10-16-8-6-5-7-9-16)22(32)25(35)31-14-36-13-21(31)24(34)30-26(2,3)4/h5-9,11-12,20-22,32H,10,13-14,27-28H2,1-4H3,(H,29,33)(H,30,34)/t20-,21-,22-/m0/s1. The summed E-state index contributed by atoms with van der Waals surface area (Å²) < 4.78 is 0. The van der Waals surface area contributed by atoms with E-state index in [1.807, 2.05) is 51.1 Å². The van der Waals surface area contributed by atoms with Crippen LogP contribution in [0.1, 0.15) is 42.3 Å². The summed E-state index contributed by atoms with van der Waals surface area (Å²) in [7, 11) is 0. The van der Waals surface area contributed by atoms with Gasteiger partial charge in [0.1, 0.15) is 6.04 Å². The van der Waals surface area contributed by atoms with Gasteiger partial charge in [0.2, 0.25) is 5.91 Å². The number of amides is 3. The second-order valence-electron chi connectivity index (χ2n) is 10.1. The van der Waals surface area contributed by atoms with Gasteiger partial charge in [0.15, 0.2) is 6.10 Å². The van der Waals surface area contributed by atoms with Crippen LogP contribution in [0, 0.1) is 6.92 Å². The van der Waals surface area contributed by atoms with Crippen molar-refractivity contribution in [2.75, 3.05) is 23.1 Å². The number of hydrogen-bond donors (Lipinski definition) is 5. The first-order valence-corrected chi connectivity index (χ1v) is 12.9. The molecule has 0 unspecified atom stereocenters. The number of nitrogen functional groups attached to an aromatic ring is 2. The van der Waals surface area contributed by atoms with Gasteiger partial charge in [-0.25, -0.2) is 0 Å². The van der Waals surface area contributed by atoms with Crippen LogP contribution < -0.4 is 22.1 Å². The number of carbonyl (C=O) groups excluding carboxylic acids is 3. The van der Waals surface area contributed by atoms with E-state index in [-0.39, 0.29) is 23.8 Å². The molecule has 36 heavy (non-hydrogen) atoms. The molecule has 9 nitrogen and oxygen atoms in total. The van der Waals surface area contributed by atoms with Crippen molar-refractivity contribution in [3.05, 3.63) is 59.2 Å². The van der Waals surface area contributed by atoms with Crippen LogP contribution in [0.4, 0.5) is 11.4 Å². The van der Waals surface area contributed by atoms with Gasteiger partial charge in [0.25, 0.3) is 11.8 Å². The number of rotatable bonds is 7. The second-order valence-corrected chi connectivity index (χ2v) is 11.1.